The molecule has 2 aliphatic heterocycles. The van der Waals surface area contributed by atoms with Gasteiger partial charge in [-0.15, -0.1) is 0 Å². The molecule has 0 saturated carbocycles. The average Bonchev–Trinajstić information content (AvgIpc) is 3.13. The third kappa shape index (κ3) is 17.2. The smallest absolute Gasteiger partial charge is 0.411 e. The summed E-state index contributed by atoms with van der Waals surface area (Å²) in [5, 5.41) is 0.738. The molecule has 4 rings (SSSR count). The summed E-state index contributed by atoms with van der Waals surface area (Å²) in [6.45, 7) is 13.3. The van der Waals surface area contributed by atoms with Crippen LogP contribution >= 0.6 is 15.9 Å². The fraction of sp³-hybridized carbons (Fsp3) is 0.512. The van der Waals surface area contributed by atoms with Crippen molar-refractivity contribution in [3.63, 3.8) is 0 Å². The fourth-order valence-electron chi connectivity index (χ4n) is 5.14. The highest BCUT2D eigenvalue weighted by atomic mass is 79.9. The minimum Gasteiger partial charge on any atom is -0.467 e. The van der Waals surface area contributed by atoms with Crippen LogP contribution in [0.1, 0.15) is 71.9 Å². The van der Waals surface area contributed by atoms with Crippen LogP contribution in [-0.4, -0.2) is 114 Å². The first-order valence-electron chi connectivity index (χ1n) is 17.6. The number of carbonyl (C=O) groups is 4. The highest BCUT2D eigenvalue weighted by Gasteiger charge is 2.38. The molecular weight excluding hydrogens is 742 g/mol. The number of esters is 2. The number of halogens is 1. The molecule has 2 fully saturated rings. The molecule has 0 N–H and O–H groups in total. The van der Waals surface area contributed by atoms with Gasteiger partial charge in [-0.25, -0.2) is 19.2 Å². The van der Waals surface area contributed by atoms with Crippen molar-refractivity contribution < 1.29 is 38.1 Å². The Morgan fingerprint density at radius 2 is 1.15 bits per heavy atom. The number of alkyl halides is 1. The third-order valence-corrected chi connectivity index (χ3v) is 7.83. The highest BCUT2D eigenvalue weighted by Crippen LogP contribution is 2.21. The van der Waals surface area contributed by atoms with Crippen LogP contribution in [-0.2, 0) is 28.5 Å². The van der Waals surface area contributed by atoms with Gasteiger partial charge >= 0.3 is 24.1 Å². The van der Waals surface area contributed by atoms with E-state index in [1.807, 2.05) is 86.3 Å². The maximum absolute atomic E-state index is 12.4. The van der Waals surface area contributed by atoms with Gasteiger partial charge < -0.3 is 18.9 Å². The summed E-state index contributed by atoms with van der Waals surface area (Å²) in [4.78, 5) is 53.0. The van der Waals surface area contributed by atoms with Gasteiger partial charge in [0.15, 0.2) is 0 Å². The molecule has 2 aromatic carbocycles. The standard InChI is InChI=1S/C20H26N2O4.C12H21NO4.C9H7Br/c1-20(2,3)26-19(24)22-14-13-21(15-17(22)18(23)25-4)12-8-11-16-9-6-5-7-10-16;1-12(2,3)17-11(15)13-8-6-5-7-9(13)10(14)16-4;10-8-4-7-9-5-2-1-3-6-9/h5-7,9-10,17H,12-15H2,1-4H3;9H,5-8H2,1-4H3;1-3,5-6H,8H2/t17-;9-;/m00./s1. The van der Waals surface area contributed by atoms with Crippen LogP contribution in [0.25, 0.3) is 0 Å². The van der Waals surface area contributed by atoms with E-state index in [2.05, 4.69) is 39.6 Å². The number of piperazine rings is 1. The van der Waals surface area contributed by atoms with Gasteiger partial charge in [0.25, 0.3) is 0 Å². The van der Waals surface area contributed by atoms with Crippen LogP contribution in [0.2, 0.25) is 0 Å². The summed E-state index contributed by atoms with van der Waals surface area (Å²) >= 11 is 3.23. The van der Waals surface area contributed by atoms with E-state index in [4.69, 9.17) is 18.9 Å². The lowest BCUT2D eigenvalue weighted by Gasteiger charge is -2.39. The lowest BCUT2D eigenvalue weighted by Crippen LogP contribution is -2.59. The fourth-order valence-corrected chi connectivity index (χ4v) is 5.28. The molecule has 2 amide bonds. The second-order valence-electron chi connectivity index (χ2n) is 14.1. The van der Waals surface area contributed by atoms with Crippen LogP contribution in [0.3, 0.4) is 0 Å². The van der Waals surface area contributed by atoms with Crippen molar-refractivity contribution in [2.45, 2.75) is 84.1 Å². The van der Waals surface area contributed by atoms with Gasteiger partial charge in [0.05, 0.1) is 26.1 Å². The Bertz CT molecular complexity index is 1580. The lowest BCUT2D eigenvalue weighted by molar-refractivity contribution is -0.149. The molecule has 2 aromatic rings. The Kier molecular flexibility index (Phi) is 19.0. The van der Waals surface area contributed by atoms with Crippen molar-refractivity contribution in [2.24, 2.45) is 0 Å². The highest BCUT2D eigenvalue weighted by molar-refractivity contribution is 9.09. The Morgan fingerprint density at radius 1 is 0.679 bits per heavy atom. The van der Waals surface area contributed by atoms with Crippen molar-refractivity contribution in [1.29, 1.82) is 0 Å². The van der Waals surface area contributed by atoms with E-state index in [0.29, 0.717) is 39.1 Å². The van der Waals surface area contributed by atoms with Crippen molar-refractivity contribution in [3.8, 4) is 23.7 Å². The molecule has 53 heavy (non-hydrogen) atoms. The van der Waals surface area contributed by atoms with Gasteiger partial charge in [-0.1, -0.05) is 76.0 Å². The SMILES string of the molecule is BrCC#Cc1ccccc1.COC(=O)[C@@H]1CCCCN1C(=O)OC(C)(C)C.COC(=O)[C@@H]1CN(CC#Cc2ccccc2)CCN1C(=O)OC(C)(C)C. The number of likely N-dealkylation sites (tertiary alicyclic amines) is 1. The summed E-state index contributed by atoms with van der Waals surface area (Å²) in [6.07, 6.45) is 1.54. The van der Waals surface area contributed by atoms with E-state index in [0.717, 1.165) is 29.3 Å². The molecule has 2 saturated heterocycles. The van der Waals surface area contributed by atoms with Crippen LogP contribution in [0, 0.1) is 23.7 Å². The molecule has 2 aliphatic rings. The van der Waals surface area contributed by atoms with E-state index in [9.17, 15) is 19.2 Å². The monoisotopic (exact) mass is 795 g/mol. The van der Waals surface area contributed by atoms with Gasteiger partial charge in [0.2, 0.25) is 0 Å². The van der Waals surface area contributed by atoms with Crippen LogP contribution in [0.4, 0.5) is 9.59 Å². The summed E-state index contributed by atoms with van der Waals surface area (Å²) in [5.74, 6) is 11.3. The summed E-state index contributed by atoms with van der Waals surface area (Å²) in [7, 11) is 2.66. The molecule has 12 heteroatoms. The zero-order valence-electron chi connectivity index (χ0n) is 32.3. The maximum atomic E-state index is 12.4. The van der Waals surface area contributed by atoms with Crippen molar-refractivity contribution in [2.75, 3.05) is 52.3 Å². The first kappa shape index (κ1) is 44.6. The molecule has 0 spiro atoms. The van der Waals surface area contributed by atoms with Gasteiger partial charge in [0, 0.05) is 37.3 Å². The van der Waals surface area contributed by atoms with Crippen LogP contribution < -0.4 is 0 Å². The normalized spacial score (nSPS) is 17.0. The Hall–Kier alpha value is -4.52. The van der Waals surface area contributed by atoms with Crippen molar-refractivity contribution >= 4 is 40.1 Å². The van der Waals surface area contributed by atoms with Gasteiger partial charge in [-0.2, -0.15) is 0 Å². The first-order valence-corrected chi connectivity index (χ1v) is 18.7. The molecule has 0 aromatic heterocycles. The number of ether oxygens (including phenoxy) is 4. The predicted octanol–water partition coefficient (Wildman–Crippen LogP) is 6.51. The van der Waals surface area contributed by atoms with Crippen molar-refractivity contribution in [3.05, 3.63) is 71.8 Å². The Balaban J connectivity index is 0.000000307. The second kappa shape index (κ2) is 22.5. The summed E-state index contributed by atoms with van der Waals surface area (Å²) in [5.41, 5.74) is 0.858. The number of amides is 2. The number of rotatable bonds is 3. The average molecular weight is 797 g/mol. The minimum atomic E-state index is -0.692. The van der Waals surface area contributed by atoms with E-state index < -0.39 is 41.4 Å². The molecule has 2 heterocycles. The third-order valence-electron chi connectivity index (χ3n) is 7.55. The number of piperidine rings is 1. The molecule has 0 bridgehead atoms. The number of carbonyl (C=O) groups excluding carboxylic acids is 4. The van der Waals surface area contributed by atoms with Gasteiger partial charge in [-0.05, 0) is 85.1 Å². The largest absolute Gasteiger partial charge is 0.467 e. The number of hydrogen-bond acceptors (Lipinski definition) is 9. The predicted molar refractivity (Wildman–Crippen MR) is 208 cm³/mol. The molecule has 11 nitrogen and oxygen atoms in total. The summed E-state index contributed by atoms with van der Waals surface area (Å²) in [6, 6.07) is 18.5. The number of benzene rings is 2. The Labute approximate surface area is 323 Å². The molecule has 0 aliphatic carbocycles. The maximum Gasteiger partial charge on any atom is 0.411 e. The topological polar surface area (TPSA) is 115 Å². The lowest BCUT2D eigenvalue weighted by atomic mass is 10.0. The van der Waals surface area contributed by atoms with Crippen molar-refractivity contribution in [1.82, 2.24) is 14.7 Å². The van der Waals surface area contributed by atoms with Gasteiger partial charge in [-0.3, -0.25) is 14.7 Å². The van der Waals surface area contributed by atoms with E-state index >= 15 is 0 Å². The Morgan fingerprint density at radius 3 is 1.62 bits per heavy atom. The summed E-state index contributed by atoms with van der Waals surface area (Å²) < 4.78 is 20.3. The zero-order valence-corrected chi connectivity index (χ0v) is 33.9. The number of hydrogen-bond donors (Lipinski definition) is 0. The van der Waals surface area contributed by atoms with E-state index in [1.165, 1.54) is 24.0 Å². The quantitative estimate of drug-likeness (QED) is 0.148. The van der Waals surface area contributed by atoms with E-state index in [1.54, 1.807) is 20.8 Å². The molecule has 0 radical (unpaired) electrons. The second-order valence-corrected chi connectivity index (χ2v) is 14.7. The van der Waals surface area contributed by atoms with Gasteiger partial charge in [0.1, 0.15) is 23.3 Å². The number of nitrogens with zero attached hydrogens (tertiary/aromatic N) is 3. The minimum absolute atomic E-state index is 0.365. The van der Waals surface area contributed by atoms with Crippen LogP contribution in [0.15, 0.2) is 60.7 Å². The molecule has 288 valence electrons. The van der Waals surface area contributed by atoms with E-state index in [-0.39, 0.29) is 5.97 Å². The van der Waals surface area contributed by atoms with Crippen LogP contribution in [0.5, 0.6) is 0 Å². The number of methoxy groups -OCH3 is 2. The first-order chi connectivity index (χ1) is 25.1. The molecular formula is C41H54BrN3O8. The molecule has 2 atom stereocenters. The zero-order chi connectivity index (χ0) is 39.4. The molecule has 0 unspecified atom stereocenters.